The molecule has 0 radical (unpaired) electrons. The minimum absolute atomic E-state index is 0.0686. The molecule has 6 heteroatoms. The van der Waals surface area contributed by atoms with Gasteiger partial charge in [0.2, 0.25) is 10.0 Å². The van der Waals surface area contributed by atoms with E-state index in [-0.39, 0.29) is 23.1 Å². The normalized spacial score (nSPS) is 19.9. The molecule has 1 atom stereocenters. The lowest BCUT2D eigenvalue weighted by Crippen LogP contribution is -2.36. The van der Waals surface area contributed by atoms with Crippen molar-refractivity contribution in [1.29, 1.82) is 5.26 Å². The Morgan fingerprint density at radius 3 is 2.85 bits per heavy atom. The van der Waals surface area contributed by atoms with Crippen molar-refractivity contribution >= 4 is 10.0 Å². The number of aliphatic hydroxyl groups excluding tert-OH is 1. The van der Waals surface area contributed by atoms with Crippen LogP contribution >= 0.6 is 0 Å². The van der Waals surface area contributed by atoms with E-state index in [4.69, 9.17) is 10.4 Å². The molecule has 1 fully saturated rings. The lowest BCUT2D eigenvalue weighted by Gasteiger charge is -2.24. The van der Waals surface area contributed by atoms with E-state index in [9.17, 15) is 8.42 Å². The highest BCUT2D eigenvalue weighted by Gasteiger charge is 2.35. The van der Waals surface area contributed by atoms with Crippen LogP contribution in [0.2, 0.25) is 0 Å². The Labute approximate surface area is 119 Å². The molecular weight excluding hydrogens is 276 g/mol. The Morgan fingerprint density at radius 1 is 1.40 bits per heavy atom. The van der Waals surface area contributed by atoms with E-state index in [1.807, 2.05) is 6.07 Å². The number of nitriles is 1. The van der Waals surface area contributed by atoms with Crippen molar-refractivity contribution in [2.45, 2.75) is 36.6 Å². The molecule has 1 saturated heterocycles. The smallest absolute Gasteiger partial charge is 0.244 e. The van der Waals surface area contributed by atoms with Gasteiger partial charge in [-0.2, -0.15) is 9.57 Å². The zero-order valence-corrected chi connectivity index (χ0v) is 12.0. The summed E-state index contributed by atoms with van der Waals surface area (Å²) in [6.45, 7) is 0.553. The van der Waals surface area contributed by atoms with Crippen LogP contribution in [0.25, 0.3) is 0 Å². The number of aliphatic hydroxyl groups is 1. The minimum atomic E-state index is -3.63. The molecule has 2 rings (SSSR count). The predicted molar refractivity (Wildman–Crippen MR) is 74.4 cm³/mol. The zero-order valence-electron chi connectivity index (χ0n) is 11.2. The first-order valence-corrected chi connectivity index (χ1v) is 8.17. The standard InChI is InChI=1S/C14H18N2O3S/c15-11-12-5-1-2-8-14(12)20(18,19)16-9-3-6-13(16)7-4-10-17/h1-2,5,8,13,17H,3-4,6-7,9-10H2. The van der Waals surface area contributed by atoms with Gasteiger partial charge < -0.3 is 5.11 Å². The molecule has 0 saturated carbocycles. The van der Waals surface area contributed by atoms with Crippen LogP contribution in [0, 0.1) is 11.3 Å². The van der Waals surface area contributed by atoms with Crippen LogP contribution in [0.3, 0.4) is 0 Å². The van der Waals surface area contributed by atoms with Gasteiger partial charge in [-0.15, -0.1) is 0 Å². The van der Waals surface area contributed by atoms with Gasteiger partial charge in [0.15, 0.2) is 0 Å². The number of sulfonamides is 1. The van der Waals surface area contributed by atoms with Crippen molar-refractivity contribution in [1.82, 2.24) is 4.31 Å². The van der Waals surface area contributed by atoms with E-state index in [1.54, 1.807) is 12.1 Å². The van der Waals surface area contributed by atoms with Crippen LogP contribution in [0.1, 0.15) is 31.2 Å². The molecule has 1 unspecified atom stereocenters. The van der Waals surface area contributed by atoms with Crippen molar-refractivity contribution in [3.8, 4) is 6.07 Å². The van der Waals surface area contributed by atoms with E-state index in [2.05, 4.69) is 0 Å². The predicted octanol–water partition coefficient (Wildman–Crippen LogP) is 1.48. The van der Waals surface area contributed by atoms with E-state index < -0.39 is 10.0 Å². The summed E-state index contributed by atoms with van der Waals surface area (Å²) in [5.41, 5.74) is 0.181. The first-order chi connectivity index (χ1) is 9.61. The molecule has 1 heterocycles. The summed E-state index contributed by atoms with van der Waals surface area (Å²) < 4.78 is 26.9. The third kappa shape index (κ3) is 2.85. The average molecular weight is 294 g/mol. The van der Waals surface area contributed by atoms with Crippen molar-refractivity contribution in [2.75, 3.05) is 13.2 Å². The molecular formula is C14H18N2O3S. The number of benzene rings is 1. The van der Waals surface area contributed by atoms with Crippen molar-refractivity contribution in [3.05, 3.63) is 29.8 Å². The first kappa shape index (κ1) is 15.0. The summed E-state index contributed by atoms with van der Waals surface area (Å²) in [5, 5.41) is 18.0. The molecule has 5 nitrogen and oxygen atoms in total. The Balaban J connectivity index is 2.32. The molecule has 1 aliphatic heterocycles. The molecule has 0 spiro atoms. The largest absolute Gasteiger partial charge is 0.396 e. The Bertz CT molecular complexity index is 607. The fourth-order valence-corrected chi connectivity index (χ4v) is 4.52. The molecule has 1 aromatic carbocycles. The number of rotatable bonds is 5. The maximum Gasteiger partial charge on any atom is 0.244 e. The molecule has 108 valence electrons. The van der Waals surface area contributed by atoms with E-state index >= 15 is 0 Å². The molecule has 0 bridgehead atoms. The Morgan fingerprint density at radius 2 is 2.15 bits per heavy atom. The SMILES string of the molecule is N#Cc1ccccc1S(=O)(=O)N1CCCC1CCCO. The van der Waals surface area contributed by atoms with Crippen LogP contribution in [0.15, 0.2) is 29.2 Å². The van der Waals surface area contributed by atoms with Gasteiger partial charge in [0.25, 0.3) is 0 Å². The van der Waals surface area contributed by atoms with Crippen LogP contribution in [0.5, 0.6) is 0 Å². The van der Waals surface area contributed by atoms with Crippen molar-refractivity contribution in [3.63, 3.8) is 0 Å². The molecule has 1 N–H and O–H groups in total. The lowest BCUT2D eigenvalue weighted by molar-refractivity contribution is 0.264. The van der Waals surface area contributed by atoms with Gasteiger partial charge in [-0.25, -0.2) is 8.42 Å². The second-order valence-corrected chi connectivity index (χ2v) is 6.74. The fourth-order valence-electron chi connectivity index (χ4n) is 2.65. The molecule has 0 amide bonds. The highest BCUT2D eigenvalue weighted by atomic mass is 32.2. The summed E-state index contributed by atoms with van der Waals surface area (Å²) in [6, 6.07) is 8.16. The summed E-state index contributed by atoms with van der Waals surface area (Å²) in [6.07, 6.45) is 2.89. The van der Waals surface area contributed by atoms with Crippen LogP contribution in [-0.2, 0) is 10.0 Å². The minimum Gasteiger partial charge on any atom is -0.396 e. The van der Waals surface area contributed by atoms with E-state index in [0.29, 0.717) is 19.4 Å². The number of hydrogen-bond donors (Lipinski definition) is 1. The monoisotopic (exact) mass is 294 g/mol. The lowest BCUT2D eigenvalue weighted by atomic mass is 10.1. The number of hydrogen-bond acceptors (Lipinski definition) is 4. The molecule has 0 aromatic heterocycles. The third-order valence-electron chi connectivity index (χ3n) is 3.61. The molecule has 20 heavy (non-hydrogen) atoms. The Kier molecular flexibility index (Phi) is 4.76. The summed E-state index contributed by atoms with van der Waals surface area (Å²) in [7, 11) is -3.63. The van der Waals surface area contributed by atoms with Gasteiger partial charge in [0.1, 0.15) is 6.07 Å². The second-order valence-electron chi connectivity index (χ2n) is 4.89. The van der Waals surface area contributed by atoms with Gasteiger partial charge in [-0.1, -0.05) is 12.1 Å². The summed E-state index contributed by atoms with van der Waals surface area (Å²) in [4.78, 5) is 0.0819. The summed E-state index contributed by atoms with van der Waals surface area (Å²) in [5.74, 6) is 0. The van der Waals surface area contributed by atoms with Gasteiger partial charge in [-0.3, -0.25) is 0 Å². The van der Waals surface area contributed by atoms with Crippen molar-refractivity contribution in [2.24, 2.45) is 0 Å². The molecule has 1 aliphatic rings. The van der Waals surface area contributed by atoms with Gasteiger partial charge in [0, 0.05) is 19.2 Å². The van der Waals surface area contributed by atoms with Gasteiger partial charge in [-0.05, 0) is 37.8 Å². The highest BCUT2D eigenvalue weighted by Crippen LogP contribution is 2.29. The van der Waals surface area contributed by atoms with Crippen LogP contribution in [-0.4, -0.2) is 37.0 Å². The zero-order chi connectivity index (χ0) is 14.6. The second kappa shape index (κ2) is 6.35. The fraction of sp³-hybridized carbons (Fsp3) is 0.500. The number of nitrogens with zero attached hydrogens (tertiary/aromatic N) is 2. The molecule has 1 aromatic rings. The van der Waals surface area contributed by atoms with Gasteiger partial charge in [0.05, 0.1) is 10.5 Å². The average Bonchev–Trinajstić information content (AvgIpc) is 2.94. The molecule has 0 aliphatic carbocycles. The maximum atomic E-state index is 12.7. The topological polar surface area (TPSA) is 81.4 Å². The van der Waals surface area contributed by atoms with Crippen LogP contribution in [0.4, 0.5) is 0 Å². The van der Waals surface area contributed by atoms with Crippen molar-refractivity contribution < 1.29 is 13.5 Å². The Hall–Kier alpha value is -1.42. The van der Waals surface area contributed by atoms with Crippen LogP contribution < -0.4 is 0 Å². The van der Waals surface area contributed by atoms with E-state index in [1.165, 1.54) is 16.4 Å². The third-order valence-corrected chi connectivity index (χ3v) is 5.62. The summed E-state index contributed by atoms with van der Waals surface area (Å²) >= 11 is 0. The van der Waals surface area contributed by atoms with Gasteiger partial charge >= 0.3 is 0 Å². The highest BCUT2D eigenvalue weighted by molar-refractivity contribution is 7.89. The van der Waals surface area contributed by atoms with E-state index in [0.717, 1.165) is 12.8 Å². The first-order valence-electron chi connectivity index (χ1n) is 6.73. The maximum absolute atomic E-state index is 12.7. The quantitative estimate of drug-likeness (QED) is 0.892.